The molecule has 3 nitrogen and oxygen atoms in total. The molecule has 1 aromatic rings. The molecule has 0 spiro atoms. The van der Waals surface area contributed by atoms with E-state index >= 15 is 0 Å². The van der Waals surface area contributed by atoms with Crippen molar-refractivity contribution in [2.45, 2.75) is 12.2 Å². The summed E-state index contributed by atoms with van der Waals surface area (Å²) in [7, 11) is 0. The molecular weight excluding hydrogens is 230 g/mol. The number of halogens is 4. The zero-order valence-electron chi connectivity index (χ0n) is 7.75. The topological polar surface area (TPSA) is 63.3 Å². The summed E-state index contributed by atoms with van der Waals surface area (Å²) >= 11 is 0. The Labute approximate surface area is 87.5 Å². The van der Waals surface area contributed by atoms with Gasteiger partial charge in [-0.2, -0.15) is 13.2 Å². The third kappa shape index (κ3) is 2.48. The Morgan fingerprint density at radius 3 is 2.38 bits per heavy atom. The Hall–Kier alpha value is -1.63. The fraction of sp³-hybridized carbons (Fsp3) is 0.222. The van der Waals surface area contributed by atoms with E-state index < -0.39 is 35.1 Å². The molecule has 0 bridgehead atoms. The second kappa shape index (κ2) is 4.09. The van der Waals surface area contributed by atoms with Crippen LogP contribution in [-0.2, 0) is 0 Å². The average Bonchev–Trinajstić information content (AvgIpc) is 2.15. The first-order chi connectivity index (χ1) is 7.23. The number of hydrogen-bond acceptors (Lipinski definition) is 2. The van der Waals surface area contributed by atoms with Crippen molar-refractivity contribution in [3.05, 3.63) is 35.1 Å². The Morgan fingerprint density at radius 2 is 1.94 bits per heavy atom. The van der Waals surface area contributed by atoms with Crippen LogP contribution >= 0.6 is 0 Å². The van der Waals surface area contributed by atoms with Gasteiger partial charge in [0.1, 0.15) is 11.9 Å². The minimum Gasteiger partial charge on any atom is -0.478 e. The van der Waals surface area contributed by atoms with Crippen LogP contribution in [0.4, 0.5) is 17.6 Å². The van der Waals surface area contributed by atoms with E-state index in [1.807, 2.05) is 0 Å². The van der Waals surface area contributed by atoms with Gasteiger partial charge in [0, 0.05) is 0 Å². The molecule has 88 valence electrons. The Bertz CT molecular complexity index is 416. The van der Waals surface area contributed by atoms with Crippen LogP contribution < -0.4 is 5.73 Å². The molecule has 0 aromatic heterocycles. The van der Waals surface area contributed by atoms with Crippen molar-refractivity contribution in [3.63, 3.8) is 0 Å². The molecule has 0 amide bonds. The van der Waals surface area contributed by atoms with E-state index in [1.165, 1.54) is 0 Å². The van der Waals surface area contributed by atoms with E-state index in [2.05, 4.69) is 0 Å². The standard InChI is InChI=1S/C9H7F4NO2/c10-4-1-2-5(6(3-4)8(15)16)7(14)9(11,12)13/h1-3,7H,14H2,(H,15,16)/t7-/m1/s1. The highest BCUT2D eigenvalue weighted by molar-refractivity contribution is 5.89. The van der Waals surface area contributed by atoms with Crippen molar-refractivity contribution >= 4 is 5.97 Å². The Balaban J connectivity index is 3.28. The lowest BCUT2D eigenvalue weighted by Crippen LogP contribution is -2.30. The van der Waals surface area contributed by atoms with Gasteiger partial charge in [0.05, 0.1) is 5.56 Å². The number of carboxylic acids is 1. The molecule has 0 heterocycles. The predicted molar refractivity (Wildman–Crippen MR) is 46.3 cm³/mol. The van der Waals surface area contributed by atoms with Crippen LogP contribution in [0.1, 0.15) is 22.0 Å². The van der Waals surface area contributed by atoms with Gasteiger partial charge in [-0.15, -0.1) is 0 Å². The van der Waals surface area contributed by atoms with Crippen molar-refractivity contribution in [1.29, 1.82) is 0 Å². The summed E-state index contributed by atoms with van der Waals surface area (Å²) in [6, 6.07) is -0.493. The molecule has 16 heavy (non-hydrogen) atoms. The fourth-order valence-corrected chi connectivity index (χ4v) is 1.16. The summed E-state index contributed by atoms with van der Waals surface area (Å²) in [5, 5.41) is 8.62. The second-order valence-electron chi connectivity index (χ2n) is 3.06. The van der Waals surface area contributed by atoms with Gasteiger partial charge < -0.3 is 10.8 Å². The number of nitrogens with two attached hydrogens (primary N) is 1. The van der Waals surface area contributed by atoms with E-state index in [0.717, 1.165) is 12.1 Å². The predicted octanol–water partition coefficient (Wildman–Crippen LogP) is 2.09. The summed E-state index contributed by atoms with van der Waals surface area (Å²) in [6.45, 7) is 0. The number of alkyl halides is 3. The van der Waals surface area contributed by atoms with Crippen molar-refractivity contribution < 1.29 is 27.5 Å². The molecule has 0 saturated heterocycles. The molecular formula is C9H7F4NO2. The minimum atomic E-state index is -4.78. The van der Waals surface area contributed by atoms with Crippen LogP contribution in [0.25, 0.3) is 0 Å². The van der Waals surface area contributed by atoms with E-state index in [-0.39, 0.29) is 0 Å². The molecule has 0 radical (unpaired) electrons. The van der Waals surface area contributed by atoms with Gasteiger partial charge in [-0.3, -0.25) is 0 Å². The summed E-state index contributed by atoms with van der Waals surface area (Å²) in [6.07, 6.45) is -4.78. The van der Waals surface area contributed by atoms with Crippen molar-refractivity contribution in [2.24, 2.45) is 5.73 Å². The molecule has 0 aliphatic carbocycles. The highest BCUT2D eigenvalue weighted by Gasteiger charge is 2.39. The number of carboxylic acid groups (broad SMARTS) is 1. The maximum Gasteiger partial charge on any atom is 0.407 e. The highest BCUT2D eigenvalue weighted by atomic mass is 19.4. The summed E-state index contributed by atoms with van der Waals surface area (Å²) in [5.41, 5.74) is 3.40. The van der Waals surface area contributed by atoms with Crippen LogP contribution in [-0.4, -0.2) is 17.3 Å². The van der Waals surface area contributed by atoms with Crippen LogP contribution in [0.3, 0.4) is 0 Å². The summed E-state index contributed by atoms with van der Waals surface area (Å²) in [5.74, 6) is -2.59. The molecule has 0 fully saturated rings. The van der Waals surface area contributed by atoms with Gasteiger partial charge in [-0.25, -0.2) is 9.18 Å². The molecule has 7 heteroatoms. The van der Waals surface area contributed by atoms with E-state index in [1.54, 1.807) is 0 Å². The average molecular weight is 237 g/mol. The quantitative estimate of drug-likeness (QED) is 0.774. The molecule has 0 aliphatic heterocycles. The molecule has 3 N–H and O–H groups in total. The maximum absolute atomic E-state index is 12.7. The van der Waals surface area contributed by atoms with Gasteiger partial charge in [0.15, 0.2) is 0 Å². The largest absolute Gasteiger partial charge is 0.478 e. The smallest absolute Gasteiger partial charge is 0.407 e. The molecule has 1 aromatic carbocycles. The fourth-order valence-electron chi connectivity index (χ4n) is 1.16. The number of benzene rings is 1. The van der Waals surface area contributed by atoms with Crippen molar-refractivity contribution in [3.8, 4) is 0 Å². The zero-order chi connectivity index (χ0) is 12.5. The third-order valence-corrected chi connectivity index (χ3v) is 1.93. The molecule has 0 aliphatic rings. The second-order valence-corrected chi connectivity index (χ2v) is 3.06. The van der Waals surface area contributed by atoms with Crippen LogP contribution in [0.15, 0.2) is 18.2 Å². The first-order valence-corrected chi connectivity index (χ1v) is 4.08. The Morgan fingerprint density at radius 1 is 1.38 bits per heavy atom. The lowest BCUT2D eigenvalue weighted by molar-refractivity contribution is -0.149. The minimum absolute atomic E-state index is 0.503. The maximum atomic E-state index is 12.7. The van der Waals surface area contributed by atoms with E-state index in [9.17, 15) is 22.4 Å². The van der Waals surface area contributed by atoms with Crippen molar-refractivity contribution in [1.82, 2.24) is 0 Å². The molecule has 1 rings (SSSR count). The van der Waals surface area contributed by atoms with Gasteiger partial charge in [0.25, 0.3) is 0 Å². The van der Waals surface area contributed by atoms with Gasteiger partial charge >= 0.3 is 12.1 Å². The van der Waals surface area contributed by atoms with Gasteiger partial charge in [0.2, 0.25) is 0 Å². The first-order valence-electron chi connectivity index (χ1n) is 4.08. The highest BCUT2D eigenvalue weighted by Crippen LogP contribution is 2.32. The lowest BCUT2D eigenvalue weighted by atomic mass is 10.0. The number of hydrogen-bond donors (Lipinski definition) is 2. The number of rotatable bonds is 2. The Kier molecular flexibility index (Phi) is 3.18. The molecule has 0 saturated carbocycles. The molecule has 0 unspecified atom stereocenters. The van der Waals surface area contributed by atoms with Gasteiger partial charge in [-0.1, -0.05) is 6.07 Å². The SMILES string of the molecule is N[C@H](c1ccc(F)cc1C(=O)O)C(F)(F)F. The van der Waals surface area contributed by atoms with E-state index in [4.69, 9.17) is 10.8 Å². The van der Waals surface area contributed by atoms with Crippen molar-refractivity contribution in [2.75, 3.05) is 0 Å². The first kappa shape index (κ1) is 12.4. The van der Waals surface area contributed by atoms with Crippen LogP contribution in [0.2, 0.25) is 0 Å². The number of carbonyl (C=O) groups is 1. The van der Waals surface area contributed by atoms with Crippen LogP contribution in [0.5, 0.6) is 0 Å². The summed E-state index contributed by atoms with van der Waals surface area (Å²) < 4.78 is 49.5. The van der Waals surface area contributed by atoms with E-state index in [0.29, 0.717) is 6.07 Å². The van der Waals surface area contributed by atoms with Crippen LogP contribution in [0, 0.1) is 5.82 Å². The number of aromatic carboxylic acids is 1. The third-order valence-electron chi connectivity index (χ3n) is 1.93. The zero-order valence-corrected chi connectivity index (χ0v) is 7.75. The normalized spacial score (nSPS) is 13.6. The lowest BCUT2D eigenvalue weighted by Gasteiger charge is -2.17. The monoisotopic (exact) mass is 237 g/mol. The van der Waals surface area contributed by atoms with Gasteiger partial charge in [-0.05, 0) is 17.7 Å². The molecule has 1 atom stereocenters. The summed E-state index contributed by atoms with van der Waals surface area (Å²) in [4.78, 5) is 10.6.